The number of sulfonamides is 1. The van der Waals surface area contributed by atoms with Gasteiger partial charge in [-0.2, -0.15) is 0 Å². The summed E-state index contributed by atoms with van der Waals surface area (Å²) in [4.78, 5) is 11.4. The Balaban J connectivity index is 1.96. The third kappa shape index (κ3) is 4.06. The lowest BCUT2D eigenvalue weighted by Gasteiger charge is -2.07. The van der Waals surface area contributed by atoms with Crippen molar-refractivity contribution in [3.8, 4) is 0 Å². The average Bonchev–Trinajstić information content (AvgIpc) is 2.82. The number of hydrogen-bond acceptors (Lipinski definition) is 4. The molecule has 2 N–H and O–H groups in total. The first-order chi connectivity index (χ1) is 9.87. The highest BCUT2D eigenvalue weighted by molar-refractivity contribution is 7.90. The summed E-state index contributed by atoms with van der Waals surface area (Å²) in [6, 6.07) is 6.64. The van der Waals surface area contributed by atoms with E-state index in [9.17, 15) is 17.6 Å². The fraction of sp³-hybridized carbons (Fsp3) is 0.154. The van der Waals surface area contributed by atoms with Crippen LogP contribution >= 0.6 is 0 Å². The number of halogens is 1. The molecule has 0 aliphatic heterocycles. The number of aryl methyl sites for hydroxylation is 1. The van der Waals surface area contributed by atoms with E-state index >= 15 is 0 Å². The number of carbonyl (C=O) groups excluding carboxylic acids is 1. The molecule has 0 aliphatic rings. The zero-order valence-corrected chi connectivity index (χ0v) is 11.9. The van der Waals surface area contributed by atoms with E-state index < -0.39 is 21.9 Å². The van der Waals surface area contributed by atoms with E-state index in [4.69, 9.17) is 4.42 Å². The van der Waals surface area contributed by atoms with Gasteiger partial charge in [0.1, 0.15) is 17.3 Å². The molecule has 0 spiro atoms. The average molecular weight is 312 g/mol. The van der Waals surface area contributed by atoms with Gasteiger partial charge in [0.25, 0.3) is 10.0 Å². The minimum atomic E-state index is -4.03. The number of amides is 2. The van der Waals surface area contributed by atoms with Crippen LogP contribution in [0.2, 0.25) is 0 Å². The van der Waals surface area contributed by atoms with E-state index in [1.807, 2.05) is 4.72 Å². The van der Waals surface area contributed by atoms with Crippen LogP contribution in [0.25, 0.3) is 0 Å². The molecule has 0 saturated heterocycles. The van der Waals surface area contributed by atoms with Crippen LogP contribution in [0, 0.1) is 12.7 Å². The summed E-state index contributed by atoms with van der Waals surface area (Å²) in [7, 11) is -4.03. The number of hydrogen-bond donors (Lipinski definition) is 2. The zero-order valence-electron chi connectivity index (χ0n) is 11.1. The molecule has 1 aromatic heterocycles. The molecule has 0 saturated carbocycles. The van der Waals surface area contributed by atoms with Crippen molar-refractivity contribution in [3.63, 3.8) is 0 Å². The molecule has 21 heavy (non-hydrogen) atoms. The van der Waals surface area contributed by atoms with Gasteiger partial charge in [0.15, 0.2) is 0 Å². The highest BCUT2D eigenvalue weighted by atomic mass is 32.2. The Bertz CT molecular complexity index is 738. The van der Waals surface area contributed by atoms with Crippen LogP contribution in [-0.4, -0.2) is 14.4 Å². The maximum absolute atomic E-state index is 12.7. The molecule has 112 valence electrons. The van der Waals surface area contributed by atoms with Gasteiger partial charge in [-0.25, -0.2) is 22.3 Å². The highest BCUT2D eigenvalue weighted by Gasteiger charge is 2.17. The van der Waals surface area contributed by atoms with Crippen molar-refractivity contribution < 1.29 is 22.0 Å². The molecule has 6 nitrogen and oxygen atoms in total. The number of nitrogens with one attached hydrogen (secondary N) is 2. The third-order valence-electron chi connectivity index (χ3n) is 2.57. The summed E-state index contributed by atoms with van der Waals surface area (Å²) in [6.07, 6.45) is 0. The molecular weight excluding hydrogens is 299 g/mol. The largest absolute Gasteiger partial charge is 0.465 e. The Kier molecular flexibility index (Phi) is 4.27. The standard InChI is InChI=1S/C13H13FN2O4S/c1-9-2-5-11(20-9)8-15-13(17)16-21(18,19)12-6-3-10(14)4-7-12/h2-7H,8H2,1H3,(H2,15,16,17). The SMILES string of the molecule is Cc1ccc(CNC(=O)NS(=O)(=O)c2ccc(F)cc2)o1. The first-order valence-electron chi connectivity index (χ1n) is 5.98. The normalized spacial score (nSPS) is 11.1. The molecule has 1 heterocycles. The lowest BCUT2D eigenvalue weighted by atomic mass is 10.4. The van der Waals surface area contributed by atoms with Crippen LogP contribution in [0.1, 0.15) is 11.5 Å². The molecule has 0 atom stereocenters. The number of carbonyl (C=O) groups is 1. The third-order valence-corrected chi connectivity index (χ3v) is 3.92. The predicted octanol–water partition coefficient (Wildman–Crippen LogP) is 1.92. The molecule has 0 aliphatic carbocycles. The fourth-order valence-corrected chi connectivity index (χ4v) is 2.51. The zero-order chi connectivity index (χ0) is 15.5. The topological polar surface area (TPSA) is 88.4 Å². The summed E-state index contributed by atoms with van der Waals surface area (Å²) in [5.74, 6) is 0.625. The van der Waals surface area contributed by atoms with Gasteiger partial charge in [-0.1, -0.05) is 0 Å². The minimum Gasteiger partial charge on any atom is -0.465 e. The number of furan rings is 1. The van der Waals surface area contributed by atoms with Crippen molar-refractivity contribution in [2.45, 2.75) is 18.4 Å². The second-order valence-corrected chi connectivity index (χ2v) is 5.94. The van der Waals surface area contributed by atoms with Gasteiger partial charge in [-0.3, -0.25) is 0 Å². The van der Waals surface area contributed by atoms with Crippen LogP contribution < -0.4 is 10.0 Å². The van der Waals surface area contributed by atoms with Crippen molar-refractivity contribution in [1.82, 2.24) is 10.0 Å². The summed E-state index contributed by atoms with van der Waals surface area (Å²) >= 11 is 0. The van der Waals surface area contributed by atoms with Gasteiger partial charge in [0.2, 0.25) is 0 Å². The lowest BCUT2D eigenvalue weighted by Crippen LogP contribution is -2.38. The molecular formula is C13H13FN2O4S. The fourth-order valence-electron chi connectivity index (χ4n) is 1.58. The Morgan fingerprint density at radius 2 is 1.86 bits per heavy atom. The van der Waals surface area contributed by atoms with Crippen LogP contribution in [0.15, 0.2) is 45.7 Å². The predicted molar refractivity (Wildman–Crippen MR) is 72.4 cm³/mol. The quantitative estimate of drug-likeness (QED) is 0.902. The van der Waals surface area contributed by atoms with E-state index in [1.165, 1.54) is 0 Å². The van der Waals surface area contributed by atoms with Gasteiger partial charge >= 0.3 is 6.03 Å². The van der Waals surface area contributed by atoms with Crippen LogP contribution in [0.3, 0.4) is 0 Å². The highest BCUT2D eigenvalue weighted by Crippen LogP contribution is 2.09. The Labute approximate surface area is 121 Å². The first kappa shape index (κ1) is 15.0. The second-order valence-electron chi connectivity index (χ2n) is 4.25. The molecule has 2 rings (SSSR count). The van der Waals surface area contributed by atoms with E-state index in [1.54, 1.807) is 19.1 Å². The van der Waals surface area contributed by atoms with Crippen molar-refractivity contribution in [3.05, 3.63) is 53.7 Å². The van der Waals surface area contributed by atoms with E-state index in [0.717, 1.165) is 24.3 Å². The minimum absolute atomic E-state index is 0.0542. The summed E-state index contributed by atoms with van der Waals surface area (Å²) in [6.45, 7) is 1.81. The summed E-state index contributed by atoms with van der Waals surface area (Å²) < 4.78 is 43.5. The summed E-state index contributed by atoms with van der Waals surface area (Å²) in [5.41, 5.74) is 0. The van der Waals surface area contributed by atoms with E-state index in [-0.39, 0.29) is 11.4 Å². The van der Waals surface area contributed by atoms with Gasteiger partial charge in [-0.05, 0) is 43.3 Å². The monoisotopic (exact) mass is 312 g/mol. The smallest absolute Gasteiger partial charge is 0.329 e. The number of urea groups is 1. The molecule has 8 heteroatoms. The van der Waals surface area contributed by atoms with Gasteiger partial charge in [-0.15, -0.1) is 0 Å². The van der Waals surface area contributed by atoms with Crippen molar-refractivity contribution in [1.29, 1.82) is 0 Å². The molecule has 0 unspecified atom stereocenters. The first-order valence-corrected chi connectivity index (χ1v) is 7.47. The maximum atomic E-state index is 12.7. The van der Waals surface area contributed by atoms with Crippen LogP contribution in [-0.2, 0) is 16.6 Å². The van der Waals surface area contributed by atoms with Crippen LogP contribution in [0.5, 0.6) is 0 Å². The van der Waals surface area contributed by atoms with Crippen LogP contribution in [0.4, 0.5) is 9.18 Å². The number of rotatable bonds is 4. The molecule has 0 bridgehead atoms. The Morgan fingerprint density at radius 3 is 2.43 bits per heavy atom. The second kappa shape index (κ2) is 5.96. The molecule has 0 fully saturated rings. The molecule has 0 radical (unpaired) electrons. The Morgan fingerprint density at radius 1 is 1.19 bits per heavy atom. The van der Waals surface area contributed by atoms with Gasteiger partial charge in [0, 0.05) is 0 Å². The maximum Gasteiger partial charge on any atom is 0.329 e. The van der Waals surface area contributed by atoms with Gasteiger partial charge < -0.3 is 9.73 Å². The van der Waals surface area contributed by atoms with Crippen molar-refractivity contribution in [2.24, 2.45) is 0 Å². The molecule has 1 aromatic carbocycles. The molecule has 2 amide bonds. The Hall–Kier alpha value is -2.35. The van der Waals surface area contributed by atoms with Gasteiger partial charge in [0.05, 0.1) is 11.4 Å². The number of benzene rings is 1. The van der Waals surface area contributed by atoms with E-state index in [2.05, 4.69) is 5.32 Å². The van der Waals surface area contributed by atoms with E-state index in [0.29, 0.717) is 11.5 Å². The van der Waals surface area contributed by atoms with Crippen molar-refractivity contribution >= 4 is 16.1 Å². The molecule has 2 aromatic rings. The lowest BCUT2D eigenvalue weighted by molar-refractivity contribution is 0.244. The summed E-state index contributed by atoms with van der Waals surface area (Å²) in [5, 5.41) is 2.35. The van der Waals surface area contributed by atoms with Crippen molar-refractivity contribution in [2.75, 3.05) is 0 Å².